The van der Waals surface area contributed by atoms with Crippen molar-refractivity contribution in [2.24, 2.45) is 5.41 Å². The van der Waals surface area contributed by atoms with Crippen molar-refractivity contribution in [2.45, 2.75) is 85.1 Å². The van der Waals surface area contributed by atoms with Crippen molar-refractivity contribution in [1.82, 2.24) is 15.0 Å². The zero-order chi connectivity index (χ0) is 25.4. The number of hydrogen-bond acceptors (Lipinski definition) is 7. The third-order valence-electron chi connectivity index (χ3n) is 5.39. The van der Waals surface area contributed by atoms with Crippen LogP contribution in [0.15, 0.2) is 30.3 Å². The van der Waals surface area contributed by atoms with Gasteiger partial charge in [-0.25, -0.2) is 9.59 Å². The number of benzene rings is 1. The van der Waals surface area contributed by atoms with Crippen LogP contribution >= 0.6 is 0 Å². The summed E-state index contributed by atoms with van der Waals surface area (Å²) in [7, 11) is 0. The normalized spacial score (nSPS) is 10.8. The molecule has 34 heavy (non-hydrogen) atoms. The average Bonchev–Trinajstić information content (AvgIpc) is 2.78. The maximum atomic E-state index is 9.10. The third kappa shape index (κ3) is 13.3. The molecule has 0 spiro atoms. The highest BCUT2D eigenvalue weighted by atomic mass is 16.4. The van der Waals surface area contributed by atoms with Crippen molar-refractivity contribution < 1.29 is 19.8 Å². The summed E-state index contributed by atoms with van der Waals surface area (Å²) in [5.74, 6) is -2.02. The maximum Gasteiger partial charge on any atom is 0.414 e. The van der Waals surface area contributed by atoms with Gasteiger partial charge >= 0.3 is 11.9 Å². The molecule has 0 atom stereocenters. The molecule has 0 unspecified atom stereocenters. The molecule has 0 saturated carbocycles. The highest BCUT2D eigenvalue weighted by molar-refractivity contribution is 6.27. The number of carbonyl (C=O) groups is 2. The molecule has 1 aromatic carbocycles. The summed E-state index contributed by atoms with van der Waals surface area (Å²) in [5, 5.41) is 18.0. The Kier molecular flexibility index (Phi) is 13.2. The molecule has 1 aromatic heterocycles. The van der Waals surface area contributed by atoms with Crippen LogP contribution in [0.5, 0.6) is 0 Å². The molecule has 188 valence electrons. The number of aryl methyl sites for hydroxylation is 1. The first-order valence-electron chi connectivity index (χ1n) is 11.9. The molecule has 2 rings (SSSR count). The molecule has 9 nitrogen and oxygen atoms in total. The van der Waals surface area contributed by atoms with E-state index in [9.17, 15) is 0 Å². The predicted molar refractivity (Wildman–Crippen MR) is 133 cm³/mol. The number of carboxylic acid groups (broad SMARTS) is 2. The summed E-state index contributed by atoms with van der Waals surface area (Å²) in [4.78, 5) is 31.2. The number of unbranched alkanes of at least 4 members (excludes halogenated alkanes) is 4. The Morgan fingerprint density at radius 2 is 1.53 bits per heavy atom. The van der Waals surface area contributed by atoms with E-state index in [0.717, 1.165) is 18.7 Å². The lowest BCUT2D eigenvalue weighted by molar-refractivity contribution is -0.159. The van der Waals surface area contributed by atoms with Crippen LogP contribution in [0.1, 0.15) is 83.5 Å². The largest absolute Gasteiger partial charge is 0.473 e. The number of nitrogen functional groups attached to an aromatic ring is 1. The van der Waals surface area contributed by atoms with E-state index in [1.807, 2.05) is 18.2 Å². The van der Waals surface area contributed by atoms with Crippen LogP contribution in [0, 0.1) is 5.41 Å². The van der Waals surface area contributed by atoms with Gasteiger partial charge in [-0.05, 0) is 30.2 Å². The molecule has 2 aromatic rings. The van der Waals surface area contributed by atoms with E-state index in [-0.39, 0.29) is 5.95 Å². The highest BCUT2D eigenvalue weighted by Crippen LogP contribution is 2.30. The van der Waals surface area contributed by atoms with Crippen molar-refractivity contribution in [1.29, 1.82) is 0 Å². The maximum absolute atomic E-state index is 9.10. The number of carboxylic acids is 2. The molecule has 0 aliphatic carbocycles. The Labute approximate surface area is 202 Å². The molecule has 0 radical (unpaired) electrons. The number of aromatic nitrogens is 3. The van der Waals surface area contributed by atoms with Gasteiger partial charge in [-0.1, -0.05) is 83.2 Å². The zero-order valence-electron chi connectivity index (χ0n) is 20.6. The number of aliphatic carboxylic acids is 2. The van der Waals surface area contributed by atoms with Gasteiger partial charge in [0.25, 0.3) is 0 Å². The Bertz CT molecular complexity index is 863. The number of nitrogens with two attached hydrogens (primary N) is 1. The second-order valence-corrected chi connectivity index (χ2v) is 9.06. The Balaban J connectivity index is 0.000000852. The van der Waals surface area contributed by atoms with Gasteiger partial charge in [0.15, 0.2) is 0 Å². The van der Waals surface area contributed by atoms with Gasteiger partial charge in [-0.3, -0.25) is 0 Å². The average molecular weight is 474 g/mol. The van der Waals surface area contributed by atoms with Crippen molar-refractivity contribution in [3.05, 3.63) is 41.7 Å². The molecule has 0 bridgehead atoms. The summed E-state index contributed by atoms with van der Waals surface area (Å²) >= 11 is 0. The fourth-order valence-corrected chi connectivity index (χ4v) is 3.45. The van der Waals surface area contributed by atoms with Crippen molar-refractivity contribution >= 4 is 23.8 Å². The first kappa shape index (κ1) is 28.8. The van der Waals surface area contributed by atoms with Gasteiger partial charge in [0.1, 0.15) is 5.82 Å². The first-order chi connectivity index (χ1) is 16.1. The van der Waals surface area contributed by atoms with Crippen LogP contribution in [0.25, 0.3) is 0 Å². The summed E-state index contributed by atoms with van der Waals surface area (Å²) in [6, 6.07) is 10.2. The molecular weight excluding hydrogens is 434 g/mol. The van der Waals surface area contributed by atoms with E-state index < -0.39 is 11.9 Å². The van der Waals surface area contributed by atoms with E-state index in [4.69, 9.17) is 25.5 Å². The molecule has 0 saturated heterocycles. The Morgan fingerprint density at radius 3 is 2.12 bits per heavy atom. The summed E-state index contributed by atoms with van der Waals surface area (Å²) in [6.07, 6.45) is 11.0. The highest BCUT2D eigenvalue weighted by Gasteiger charge is 2.16. The van der Waals surface area contributed by atoms with E-state index in [1.54, 1.807) is 0 Å². The predicted octanol–water partition coefficient (Wildman–Crippen LogP) is 4.93. The van der Waals surface area contributed by atoms with E-state index in [1.165, 1.54) is 50.5 Å². The van der Waals surface area contributed by atoms with E-state index >= 15 is 0 Å². The Hall–Kier alpha value is -3.23. The number of rotatable bonds is 13. The van der Waals surface area contributed by atoms with Crippen LogP contribution in [0.3, 0.4) is 0 Å². The standard InChI is InChI=1S/C23H37N5.C2H2O4/c1-4-5-11-16-23(2,3)17-12-7-10-15-20-26-21(24)28-22(27-20)25-18-19-13-8-6-9-14-19;3-1(4)2(5)6/h6,8-9,13-14H,4-5,7,10-12,15-18H2,1-3H3,(H3,24,25,26,27,28);(H,3,4)(H,5,6). The summed E-state index contributed by atoms with van der Waals surface area (Å²) < 4.78 is 0. The number of nitrogens with one attached hydrogen (secondary N) is 1. The SMILES string of the molecule is CCCCCC(C)(C)CCCCCc1nc(N)nc(NCc2ccccc2)n1.O=C(O)C(=O)O. The van der Waals surface area contributed by atoms with Crippen molar-refractivity contribution in [2.75, 3.05) is 11.1 Å². The number of hydrogen-bond donors (Lipinski definition) is 4. The second kappa shape index (κ2) is 15.6. The van der Waals surface area contributed by atoms with Gasteiger partial charge in [0.05, 0.1) is 0 Å². The lowest BCUT2D eigenvalue weighted by Crippen LogP contribution is -2.11. The van der Waals surface area contributed by atoms with Gasteiger partial charge in [-0.15, -0.1) is 0 Å². The zero-order valence-corrected chi connectivity index (χ0v) is 20.6. The van der Waals surface area contributed by atoms with Crippen LogP contribution in [0.2, 0.25) is 0 Å². The molecule has 0 fully saturated rings. The lowest BCUT2D eigenvalue weighted by atomic mass is 9.82. The topological polar surface area (TPSA) is 151 Å². The van der Waals surface area contributed by atoms with Crippen molar-refractivity contribution in [3.63, 3.8) is 0 Å². The minimum absolute atomic E-state index is 0.289. The van der Waals surface area contributed by atoms with Crippen LogP contribution in [-0.4, -0.2) is 37.1 Å². The van der Waals surface area contributed by atoms with Crippen molar-refractivity contribution in [3.8, 4) is 0 Å². The summed E-state index contributed by atoms with van der Waals surface area (Å²) in [6.45, 7) is 7.75. The second-order valence-electron chi connectivity index (χ2n) is 9.06. The minimum Gasteiger partial charge on any atom is -0.473 e. The molecule has 0 amide bonds. The molecular formula is C25H39N5O4. The summed E-state index contributed by atoms with van der Waals surface area (Å²) in [5.41, 5.74) is 7.52. The van der Waals surface area contributed by atoms with Gasteiger partial charge in [0, 0.05) is 13.0 Å². The number of nitrogens with zero attached hydrogens (tertiary/aromatic N) is 3. The number of anilines is 2. The van der Waals surface area contributed by atoms with E-state index in [2.05, 4.69) is 53.2 Å². The lowest BCUT2D eigenvalue weighted by Gasteiger charge is -2.24. The van der Waals surface area contributed by atoms with Crippen LogP contribution in [0.4, 0.5) is 11.9 Å². The molecule has 9 heteroatoms. The van der Waals surface area contributed by atoms with Crippen LogP contribution < -0.4 is 11.1 Å². The van der Waals surface area contributed by atoms with Crippen LogP contribution in [-0.2, 0) is 22.6 Å². The fraction of sp³-hybridized carbons (Fsp3) is 0.560. The Morgan fingerprint density at radius 1 is 0.912 bits per heavy atom. The smallest absolute Gasteiger partial charge is 0.414 e. The van der Waals surface area contributed by atoms with Gasteiger partial charge in [-0.2, -0.15) is 15.0 Å². The monoisotopic (exact) mass is 473 g/mol. The molecule has 5 N–H and O–H groups in total. The van der Waals surface area contributed by atoms with Gasteiger partial charge < -0.3 is 21.3 Å². The molecule has 0 aliphatic rings. The molecule has 1 heterocycles. The molecule has 0 aliphatic heterocycles. The minimum atomic E-state index is -1.82. The quantitative estimate of drug-likeness (QED) is 0.234. The van der Waals surface area contributed by atoms with Gasteiger partial charge in [0.2, 0.25) is 11.9 Å². The van der Waals surface area contributed by atoms with E-state index in [0.29, 0.717) is 17.9 Å². The third-order valence-corrected chi connectivity index (χ3v) is 5.39. The first-order valence-corrected chi connectivity index (χ1v) is 11.9. The fourth-order valence-electron chi connectivity index (χ4n) is 3.45.